The number of alkyl carbamates (subject to hydrolysis) is 1. The maximum Gasteiger partial charge on any atom is 0.407 e. The Balaban J connectivity index is 1.26. The van der Waals surface area contributed by atoms with Crippen LogP contribution >= 0.6 is 0 Å². The molecule has 1 aliphatic rings. The summed E-state index contributed by atoms with van der Waals surface area (Å²) in [7, 11) is 0. The molecule has 4 N–H and O–H groups in total. The van der Waals surface area contributed by atoms with E-state index in [1.807, 2.05) is 36.4 Å². The summed E-state index contributed by atoms with van der Waals surface area (Å²) in [5.74, 6) is -2.18. The van der Waals surface area contributed by atoms with Crippen LogP contribution in [0.2, 0.25) is 0 Å². The monoisotopic (exact) mass is 465 g/mol. The first-order chi connectivity index (χ1) is 16.5. The molecule has 4 rings (SSSR count). The van der Waals surface area contributed by atoms with Crippen molar-refractivity contribution in [3.05, 3.63) is 71.5 Å². The molecule has 0 fully saturated rings. The third-order valence-electron chi connectivity index (χ3n) is 5.51. The number of nitrogens with zero attached hydrogens (tertiary/aromatic N) is 3. The van der Waals surface area contributed by atoms with Crippen LogP contribution in [0.5, 0.6) is 0 Å². The van der Waals surface area contributed by atoms with Crippen molar-refractivity contribution in [1.29, 1.82) is 0 Å². The van der Waals surface area contributed by atoms with Crippen molar-refractivity contribution in [2.45, 2.75) is 18.5 Å². The largest absolute Gasteiger partial charge is 0.480 e. The number of nitrogens with one attached hydrogen (secondary N) is 2. The summed E-state index contributed by atoms with van der Waals surface area (Å²) >= 11 is 0. The van der Waals surface area contributed by atoms with E-state index in [1.165, 1.54) is 10.9 Å². The van der Waals surface area contributed by atoms with Crippen molar-refractivity contribution < 1.29 is 29.3 Å². The molecule has 0 saturated heterocycles. The van der Waals surface area contributed by atoms with Gasteiger partial charge in [0.1, 0.15) is 6.61 Å². The summed E-state index contributed by atoms with van der Waals surface area (Å²) in [6.07, 6.45) is 0.734. The summed E-state index contributed by atoms with van der Waals surface area (Å²) in [4.78, 5) is 35.1. The Morgan fingerprint density at radius 1 is 1.06 bits per heavy atom. The maximum atomic E-state index is 12.2. The second-order valence-corrected chi connectivity index (χ2v) is 7.67. The van der Waals surface area contributed by atoms with Gasteiger partial charge in [0, 0.05) is 12.5 Å². The van der Waals surface area contributed by atoms with E-state index in [2.05, 4.69) is 33.1 Å². The SMILES string of the molecule is O=C(NCCn1cc(C(=O)NC(CO)C(=O)O)nn1)OCC1c2ccccc2-c2ccccc21. The molecule has 0 saturated carbocycles. The molecule has 11 nitrogen and oxygen atoms in total. The van der Waals surface area contributed by atoms with Crippen molar-refractivity contribution in [1.82, 2.24) is 25.6 Å². The smallest absolute Gasteiger partial charge is 0.407 e. The number of aliphatic hydroxyl groups excluding tert-OH is 1. The van der Waals surface area contributed by atoms with Gasteiger partial charge in [-0.3, -0.25) is 4.79 Å². The molecule has 2 aromatic carbocycles. The highest BCUT2D eigenvalue weighted by molar-refractivity contribution is 5.94. The molecular weight excluding hydrogens is 442 g/mol. The Hall–Kier alpha value is -4.25. The number of aromatic nitrogens is 3. The summed E-state index contributed by atoms with van der Waals surface area (Å²) in [5, 5.41) is 30.1. The number of benzene rings is 2. The van der Waals surface area contributed by atoms with Crippen LogP contribution in [0.25, 0.3) is 11.1 Å². The molecule has 1 heterocycles. The minimum atomic E-state index is -1.44. The van der Waals surface area contributed by atoms with E-state index in [0.717, 1.165) is 22.3 Å². The van der Waals surface area contributed by atoms with Gasteiger partial charge in [-0.05, 0) is 22.3 Å². The van der Waals surface area contributed by atoms with E-state index < -0.39 is 30.6 Å². The summed E-state index contributed by atoms with van der Waals surface area (Å²) in [5.41, 5.74) is 4.42. The number of hydrogen-bond acceptors (Lipinski definition) is 7. The lowest BCUT2D eigenvalue weighted by Gasteiger charge is -2.14. The molecule has 1 unspecified atom stereocenters. The van der Waals surface area contributed by atoms with Crippen molar-refractivity contribution in [3.8, 4) is 11.1 Å². The first kappa shape index (κ1) is 22.9. The summed E-state index contributed by atoms with van der Waals surface area (Å²) in [6, 6.07) is 14.7. The van der Waals surface area contributed by atoms with Crippen molar-refractivity contribution in [3.63, 3.8) is 0 Å². The molecular formula is C23H23N5O6. The Morgan fingerprint density at radius 3 is 2.32 bits per heavy atom. The minimum absolute atomic E-state index is 0.0388. The average molecular weight is 465 g/mol. The van der Waals surface area contributed by atoms with Crippen molar-refractivity contribution >= 4 is 18.0 Å². The van der Waals surface area contributed by atoms with Crippen LogP contribution in [-0.4, -0.2) is 69.0 Å². The van der Waals surface area contributed by atoms with E-state index in [0.29, 0.717) is 0 Å². The van der Waals surface area contributed by atoms with Gasteiger partial charge >= 0.3 is 12.1 Å². The highest BCUT2D eigenvalue weighted by Crippen LogP contribution is 2.44. The zero-order valence-corrected chi connectivity index (χ0v) is 18.0. The van der Waals surface area contributed by atoms with Gasteiger partial charge in [0.2, 0.25) is 0 Å². The Kier molecular flexibility index (Phi) is 6.83. The van der Waals surface area contributed by atoms with Gasteiger partial charge in [0.25, 0.3) is 5.91 Å². The third-order valence-corrected chi connectivity index (χ3v) is 5.51. The van der Waals surface area contributed by atoms with Crippen molar-refractivity contribution in [2.24, 2.45) is 0 Å². The Labute approximate surface area is 194 Å². The number of aliphatic hydroxyl groups is 1. The molecule has 176 valence electrons. The molecule has 1 aromatic heterocycles. The average Bonchev–Trinajstić information content (AvgIpc) is 3.44. The van der Waals surface area contributed by atoms with Gasteiger partial charge < -0.3 is 25.6 Å². The van der Waals surface area contributed by atoms with Crippen LogP contribution in [0.1, 0.15) is 27.5 Å². The zero-order chi connectivity index (χ0) is 24.1. The predicted octanol–water partition coefficient (Wildman–Crippen LogP) is 0.992. The molecule has 2 amide bonds. The molecule has 1 atom stereocenters. The number of rotatable bonds is 9. The second kappa shape index (κ2) is 10.1. The number of carbonyl (C=O) groups is 3. The van der Waals surface area contributed by atoms with Crippen LogP contribution in [0, 0.1) is 0 Å². The third kappa shape index (κ3) is 4.89. The lowest BCUT2D eigenvalue weighted by atomic mass is 9.98. The van der Waals surface area contributed by atoms with Crippen LogP contribution in [0.15, 0.2) is 54.7 Å². The van der Waals surface area contributed by atoms with Crippen LogP contribution in [0.3, 0.4) is 0 Å². The summed E-state index contributed by atoms with van der Waals surface area (Å²) < 4.78 is 6.79. The van der Waals surface area contributed by atoms with Gasteiger partial charge in [-0.25, -0.2) is 14.3 Å². The van der Waals surface area contributed by atoms with E-state index in [1.54, 1.807) is 0 Å². The fraction of sp³-hybridized carbons (Fsp3) is 0.261. The standard InChI is InChI=1S/C23H23N5O6/c29-12-20(22(31)32)25-21(30)19-11-28(27-26-19)10-9-24-23(33)34-13-18-16-7-3-1-5-14(16)15-6-2-4-8-17(15)18/h1-8,11,18,20,29H,9-10,12-13H2,(H,24,33)(H,25,30)(H,31,32). The Morgan fingerprint density at radius 2 is 1.71 bits per heavy atom. The van der Waals surface area contributed by atoms with Gasteiger partial charge in [-0.2, -0.15) is 0 Å². The topological polar surface area (TPSA) is 156 Å². The maximum absolute atomic E-state index is 12.2. The Bertz CT molecular complexity index is 1160. The minimum Gasteiger partial charge on any atom is -0.480 e. The molecule has 34 heavy (non-hydrogen) atoms. The molecule has 0 spiro atoms. The molecule has 3 aromatic rings. The van der Waals surface area contributed by atoms with E-state index in [-0.39, 0.29) is 31.3 Å². The lowest BCUT2D eigenvalue weighted by molar-refractivity contribution is -0.140. The van der Waals surface area contributed by atoms with Crippen LogP contribution < -0.4 is 10.6 Å². The predicted molar refractivity (Wildman–Crippen MR) is 119 cm³/mol. The quantitative estimate of drug-likeness (QED) is 0.365. The molecule has 1 aliphatic carbocycles. The number of carboxylic acids is 1. The first-order valence-electron chi connectivity index (χ1n) is 10.6. The molecule has 11 heteroatoms. The number of aliphatic carboxylic acids is 1. The van der Waals surface area contributed by atoms with E-state index in [9.17, 15) is 14.4 Å². The lowest BCUT2D eigenvalue weighted by Crippen LogP contribution is -2.43. The van der Waals surface area contributed by atoms with Gasteiger partial charge in [0.15, 0.2) is 11.7 Å². The fourth-order valence-electron chi connectivity index (χ4n) is 3.85. The second-order valence-electron chi connectivity index (χ2n) is 7.67. The number of hydrogen-bond donors (Lipinski definition) is 4. The van der Waals surface area contributed by atoms with E-state index in [4.69, 9.17) is 14.9 Å². The normalized spacial score (nSPS) is 13.0. The number of carboxylic acid groups (broad SMARTS) is 1. The van der Waals surface area contributed by atoms with Crippen molar-refractivity contribution in [2.75, 3.05) is 19.8 Å². The number of ether oxygens (including phenoxy) is 1. The fourth-order valence-corrected chi connectivity index (χ4v) is 3.85. The van der Waals surface area contributed by atoms with Gasteiger partial charge in [0.05, 0.1) is 19.3 Å². The van der Waals surface area contributed by atoms with Crippen LogP contribution in [-0.2, 0) is 16.1 Å². The highest BCUT2D eigenvalue weighted by Gasteiger charge is 2.29. The van der Waals surface area contributed by atoms with Gasteiger partial charge in [-0.15, -0.1) is 5.10 Å². The van der Waals surface area contributed by atoms with E-state index >= 15 is 0 Å². The number of fused-ring (bicyclic) bond motifs is 3. The first-order valence-corrected chi connectivity index (χ1v) is 10.6. The summed E-state index contributed by atoms with van der Waals surface area (Å²) in [6.45, 7) is -0.162. The van der Waals surface area contributed by atoms with Crippen LogP contribution in [0.4, 0.5) is 4.79 Å². The number of carbonyl (C=O) groups excluding carboxylic acids is 2. The highest BCUT2D eigenvalue weighted by atomic mass is 16.5. The molecule has 0 aliphatic heterocycles. The van der Waals surface area contributed by atoms with Gasteiger partial charge in [-0.1, -0.05) is 53.7 Å². The number of amides is 2. The molecule has 0 bridgehead atoms. The zero-order valence-electron chi connectivity index (χ0n) is 18.0. The molecule has 0 radical (unpaired) electrons.